The number of imidazole rings is 1. The molecule has 0 saturated heterocycles. The van der Waals surface area contributed by atoms with Crippen LogP contribution in [0.25, 0.3) is 22.3 Å². The number of anilines is 1. The van der Waals surface area contributed by atoms with Crippen molar-refractivity contribution in [1.82, 2.24) is 19.9 Å². The van der Waals surface area contributed by atoms with Crippen molar-refractivity contribution < 1.29 is 0 Å². The first-order valence-electron chi connectivity index (χ1n) is 5.95. The zero-order valence-corrected chi connectivity index (χ0v) is 10.7. The lowest BCUT2D eigenvalue weighted by molar-refractivity contribution is 1.08. The highest BCUT2D eigenvalue weighted by atomic mass is 15.3. The SMILES string of the molecule is Cc1cc(-c2ccc3nc(C)[nH]c3c2)nc(NN)n1. The third-order valence-electron chi connectivity index (χ3n) is 2.88. The van der Waals surface area contributed by atoms with Crippen molar-refractivity contribution >= 4 is 17.0 Å². The van der Waals surface area contributed by atoms with Crippen LogP contribution >= 0.6 is 0 Å². The Bertz CT molecular complexity index is 746. The van der Waals surface area contributed by atoms with Crippen molar-refractivity contribution in [2.75, 3.05) is 5.43 Å². The fraction of sp³-hybridized carbons (Fsp3) is 0.154. The predicted octanol–water partition coefficient (Wildman–Crippen LogP) is 1.92. The molecule has 0 radical (unpaired) electrons. The molecular formula is C13H14N6. The van der Waals surface area contributed by atoms with Gasteiger partial charge in [0.25, 0.3) is 0 Å². The molecule has 0 spiro atoms. The van der Waals surface area contributed by atoms with Crippen molar-refractivity contribution in [2.45, 2.75) is 13.8 Å². The summed E-state index contributed by atoms with van der Waals surface area (Å²) in [6.07, 6.45) is 0. The quantitative estimate of drug-likeness (QED) is 0.480. The highest BCUT2D eigenvalue weighted by molar-refractivity contribution is 5.81. The molecule has 0 fully saturated rings. The number of rotatable bonds is 2. The molecule has 19 heavy (non-hydrogen) atoms. The van der Waals surface area contributed by atoms with Crippen molar-refractivity contribution in [2.24, 2.45) is 5.84 Å². The Balaban J connectivity index is 2.15. The molecule has 0 saturated carbocycles. The average Bonchev–Trinajstić information content (AvgIpc) is 2.76. The molecule has 0 aliphatic rings. The molecule has 0 atom stereocenters. The minimum absolute atomic E-state index is 0.413. The van der Waals surface area contributed by atoms with Crippen LogP contribution in [0.2, 0.25) is 0 Å². The summed E-state index contributed by atoms with van der Waals surface area (Å²) in [5.74, 6) is 6.68. The smallest absolute Gasteiger partial charge is 0.237 e. The van der Waals surface area contributed by atoms with E-state index in [-0.39, 0.29) is 0 Å². The number of aromatic nitrogens is 4. The van der Waals surface area contributed by atoms with Gasteiger partial charge in [-0.2, -0.15) is 0 Å². The molecule has 0 aliphatic carbocycles. The van der Waals surface area contributed by atoms with Crippen molar-refractivity contribution in [3.8, 4) is 11.3 Å². The molecule has 0 unspecified atom stereocenters. The van der Waals surface area contributed by atoms with E-state index in [1.807, 2.05) is 38.1 Å². The molecule has 4 N–H and O–H groups in total. The van der Waals surface area contributed by atoms with E-state index in [0.717, 1.165) is 33.8 Å². The second-order valence-corrected chi connectivity index (χ2v) is 4.42. The number of benzene rings is 1. The molecule has 2 heterocycles. The Morgan fingerprint density at radius 2 is 1.95 bits per heavy atom. The van der Waals surface area contributed by atoms with E-state index in [0.29, 0.717) is 5.95 Å². The molecule has 3 rings (SSSR count). The van der Waals surface area contributed by atoms with Crippen LogP contribution in [0, 0.1) is 13.8 Å². The lowest BCUT2D eigenvalue weighted by Crippen LogP contribution is -2.11. The van der Waals surface area contributed by atoms with E-state index < -0.39 is 0 Å². The number of nitrogen functional groups attached to an aromatic ring is 1. The molecule has 0 amide bonds. The first-order valence-corrected chi connectivity index (χ1v) is 5.95. The monoisotopic (exact) mass is 254 g/mol. The fourth-order valence-corrected chi connectivity index (χ4v) is 2.08. The summed E-state index contributed by atoms with van der Waals surface area (Å²) in [6.45, 7) is 3.84. The second kappa shape index (κ2) is 4.33. The predicted molar refractivity (Wildman–Crippen MR) is 74.4 cm³/mol. The number of hydrazine groups is 1. The van der Waals surface area contributed by atoms with Crippen LogP contribution in [0.15, 0.2) is 24.3 Å². The van der Waals surface area contributed by atoms with Crippen molar-refractivity contribution in [1.29, 1.82) is 0 Å². The fourth-order valence-electron chi connectivity index (χ4n) is 2.08. The maximum absolute atomic E-state index is 5.37. The summed E-state index contributed by atoms with van der Waals surface area (Å²) in [7, 11) is 0. The number of nitrogens with one attached hydrogen (secondary N) is 2. The van der Waals surface area contributed by atoms with Crippen LogP contribution in [0.3, 0.4) is 0 Å². The number of aryl methyl sites for hydroxylation is 2. The van der Waals surface area contributed by atoms with Crippen LogP contribution in [-0.4, -0.2) is 19.9 Å². The lowest BCUT2D eigenvalue weighted by Gasteiger charge is -2.05. The van der Waals surface area contributed by atoms with Crippen molar-refractivity contribution in [3.63, 3.8) is 0 Å². The summed E-state index contributed by atoms with van der Waals surface area (Å²) < 4.78 is 0. The number of aromatic amines is 1. The van der Waals surface area contributed by atoms with Gasteiger partial charge in [0.2, 0.25) is 5.95 Å². The molecular weight excluding hydrogens is 240 g/mol. The van der Waals surface area contributed by atoms with Gasteiger partial charge in [-0.3, -0.25) is 5.43 Å². The number of hydrogen-bond donors (Lipinski definition) is 3. The van der Waals surface area contributed by atoms with E-state index >= 15 is 0 Å². The number of fused-ring (bicyclic) bond motifs is 1. The van der Waals surface area contributed by atoms with Gasteiger partial charge in [-0.05, 0) is 32.0 Å². The minimum atomic E-state index is 0.413. The standard InChI is InChI=1S/C13H14N6/c1-7-5-11(18-13(15-7)19-14)9-3-4-10-12(6-9)17-8(2)16-10/h3-6H,14H2,1-2H3,(H,16,17)(H,15,18,19). The van der Waals surface area contributed by atoms with Gasteiger partial charge in [0.05, 0.1) is 16.7 Å². The van der Waals surface area contributed by atoms with Crippen LogP contribution in [0.5, 0.6) is 0 Å². The molecule has 0 aliphatic heterocycles. The van der Waals surface area contributed by atoms with Crippen LogP contribution < -0.4 is 11.3 Å². The number of nitrogens with two attached hydrogens (primary N) is 1. The van der Waals surface area contributed by atoms with Gasteiger partial charge in [0.1, 0.15) is 5.82 Å². The zero-order valence-electron chi connectivity index (χ0n) is 10.7. The first kappa shape index (κ1) is 11.6. The number of nitrogens with zero attached hydrogens (tertiary/aromatic N) is 3. The Labute approximate surface area is 110 Å². The van der Waals surface area contributed by atoms with Crippen LogP contribution in [0.1, 0.15) is 11.5 Å². The zero-order chi connectivity index (χ0) is 13.4. The Kier molecular flexibility index (Phi) is 2.64. The van der Waals surface area contributed by atoms with E-state index in [1.54, 1.807) is 0 Å². The van der Waals surface area contributed by atoms with E-state index in [2.05, 4.69) is 25.4 Å². The molecule has 1 aromatic carbocycles. The highest BCUT2D eigenvalue weighted by Gasteiger charge is 2.06. The van der Waals surface area contributed by atoms with Crippen LogP contribution in [-0.2, 0) is 0 Å². The Morgan fingerprint density at radius 3 is 2.74 bits per heavy atom. The van der Waals surface area contributed by atoms with Gasteiger partial charge >= 0.3 is 0 Å². The maximum atomic E-state index is 5.37. The first-order chi connectivity index (χ1) is 9.15. The van der Waals surface area contributed by atoms with Gasteiger partial charge < -0.3 is 4.98 Å². The van der Waals surface area contributed by atoms with Gasteiger partial charge in [0.15, 0.2) is 0 Å². The lowest BCUT2D eigenvalue weighted by atomic mass is 10.1. The molecule has 6 nitrogen and oxygen atoms in total. The normalized spacial score (nSPS) is 10.9. The maximum Gasteiger partial charge on any atom is 0.237 e. The third kappa shape index (κ3) is 2.13. The topological polar surface area (TPSA) is 92.5 Å². The third-order valence-corrected chi connectivity index (χ3v) is 2.88. The molecule has 96 valence electrons. The van der Waals surface area contributed by atoms with E-state index in [4.69, 9.17) is 5.84 Å². The summed E-state index contributed by atoms with van der Waals surface area (Å²) in [6, 6.07) is 7.91. The molecule has 6 heteroatoms. The van der Waals surface area contributed by atoms with Gasteiger partial charge in [0, 0.05) is 11.3 Å². The summed E-state index contributed by atoms with van der Waals surface area (Å²) >= 11 is 0. The number of hydrogen-bond acceptors (Lipinski definition) is 5. The number of H-pyrrole nitrogens is 1. The van der Waals surface area contributed by atoms with Gasteiger partial charge in [-0.1, -0.05) is 6.07 Å². The van der Waals surface area contributed by atoms with Crippen molar-refractivity contribution in [3.05, 3.63) is 35.8 Å². The molecule has 3 aromatic rings. The highest BCUT2D eigenvalue weighted by Crippen LogP contribution is 2.23. The summed E-state index contributed by atoms with van der Waals surface area (Å²) in [4.78, 5) is 16.1. The Morgan fingerprint density at radius 1 is 1.11 bits per heavy atom. The summed E-state index contributed by atoms with van der Waals surface area (Å²) in [5, 5.41) is 0. The van der Waals surface area contributed by atoms with E-state index in [9.17, 15) is 0 Å². The molecule has 0 bridgehead atoms. The minimum Gasteiger partial charge on any atom is -0.342 e. The largest absolute Gasteiger partial charge is 0.342 e. The molecule has 2 aromatic heterocycles. The van der Waals surface area contributed by atoms with Gasteiger partial charge in [-0.25, -0.2) is 20.8 Å². The Hall–Kier alpha value is -2.47. The summed E-state index contributed by atoms with van der Waals surface area (Å²) in [5.41, 5.74) is 7.11. The van der Waals surface area contributed by atoms with E-state index in [1.165, 1.54) is 0 Å². The van der Waals surface area contributed by atoms with Gasteiger partial charge in [-0.15, -0.1) is 0 Å². The second-order valence-electron chi connectivity index (χ2n) is 4.42. The van der Waals surface area contributed by atoms with Crippen LogP contribution in [0.4, 0.5) is 5.95 Å². The average molecular weight is 254 g/mol.